The second-order valence-electron chi connectivity index (χ2n) is 6.44. The van der Waals surface area contributed by atoms with Crippen molar-refractivity contribution in [3.8, 4) is 6.07 Å². The Morgan fingerprint density at radius 1 is 1.64 bits per heavy atom. The van der Waals surface area contributed by atoms with Crippen LogP contribution in [-0.2, 0) is 10.0 Å². The fraction of sp³-hybridized carbons (Fsp3) is 0.643. The van der Waals surface area contributed by atoms with Crippen LogP contribution in [0.1, 0.15) is 20.3 Å². The van der Waals surface area contributed by atoms with Gasteiger partial charge in [0.05, 0.1) is 29.8 Å². The first-order chi connectivity index (χ1) is 10.3. The lowest BCUT2D eigenvalue weighted by atomic mass is 9.88. The van der Waals surface area contributed by atoms with E-state index in [9.17, 15) is 8.42 Å². The molecule has 2 heterocycles. The molecule has 0 amide bonds. The number of nitrogens with zero attached hydrogens (tertiary/aromatic N) is 3. The number of fused-ring (bicyclic) bond motifs is 1. The van der Waals surface area contributed by atoms with Crippen molar-refractivity contribution >= 4 is 10.0 Å². The maximum atomic E-state index is 11.9. The molecule has 2 aliphatic heterocycles. The molecular formula is C14H21N5O2S. The smallest absolute Gasteiger partial charge is 0.213 e. The van der Waals surface area contributed by atoms with Gasteiger partial charge >= 0.3 is 0 Å². The molecule has 0 aromatic rings. The minimum absolute atomic E-state index is 0.00435. The lowest BCUT2D eigenvalue weighted by Gasteiger charge is -2.52. The Bertz CT molecular complexity index is 687. The molecule has 3 aliphatic rings. The second-order valence-corrected chi connectivity index (χ2v) is 8.69. The van der Waals surface area contributed by atoms with Gasteiger partial charge < -0.3 is 10.3 Å². The summed E-state index contributed by atoms with van der Waals surface area (Å²) in [5, 5.41) is 13.9. The van der Waals surface area contributed by atoms with Crippen molar-refractivity contribution in [3.05, 3.63) is 24.0 Å². The SMILES string of the molecule is CCS(=O)(=O)N1CC(CC#N)(N(N)/C=C2\C3NC=CC23C)C1. The molecule has 3 N–H and O–H groups in total. The third-order valence-electron chi connectivity index (χ3n) is 5.08. The van der Waals surface area contributed by atoms with E-state index in [1.807, 2.05) is 12.4 Å². The maximum Gasteiger partial charge on any atom is 0.213 e. The summed E-state index contributed by atoms with van der Waals surface area (Å²) >= 11 is 0. The first-order valence-corrected chi connectivity index (χ1v) is 8.95. The van der Waals surface area contributed by atoms with E-state index in [0.717, 1.165) is 0 Å². The van der Waals surface area contributed by atoms with E-state index >= 15 is 0 Å². The molecule has 1 saturated carbocycles. The van der Waals surface area contributed by atoms with Crippen molar-refractivity contribution < 1.29 is 8.42 Å². The molecule has 2 fully saturated rings. The molecule has 22 heavy (non-hydrogen) atoms. The molecule has 0 aromatic heterocycles. The van der Waals surface area contributed by atoms with Crippen LogP contribution in [0.25, 0.3) is 0 Å². The zero-order valence-corrected chi connectivity index (χ0v) is 13.6. The third-order valence-corrected chi connectivity index (χ3v) is 6.85. The number of rotatable bonds is 5. The van der Waals surface area contributed by atoms with Crippen LogP contribution >= 0.6 is 0 Å². The lowest BCUT2D eigenvalue weighted by molar-refractivity contribution is 0.0224. The van der Waals surface area contributed by atoms with Gasteiger partial charge in [-0.05, 0) is 25.6 Å². The van der Waals surface area contributed by atoms with Crippen molar-refractivity contribution in [3.63, 3.8) is 0 Å². The number of hydrazine groups is 1. The molecule has 0 spiro atoms. The highest BCUT2D eigenvalue weighted by molar-refractivity contribution is 7.89. The molecule has 8 heteroatoms. The molecule has 1 saturated heterocycles. The number of nitrogens with one attached hydrogen (secondary N) is 1. The fourth-order valence-electron chi connectivity index (χ4n) is 3.26. The number of hydrogen-bond donors (Lipinski definition) is 2. The Hall–Kier alpha value is -1.56. The molecule has 7 nitrogen and oxygen atoms in total. The number of hydrogen-bond acceptors (Lipinski definition) is 6. The minimum Gasteiger partial charge on any atom is -0.383 e. The fourth-order valence-corrected chi connectivity index (χ4v) is 4.50. The van der Waals surface area contributed by atoms with Gasteiger partial charge in [0, 0.05) is 24.7 Å². The summed E-state index contributed by atoms with van der Waals surface area (Å²) in [6.45, 7) is 4.27. The van der Waals surface area contributed by atoms with Crippen molar-refractivity contribution in [2.24, 2.45) is 11.3 Å². The average Bonchev–Trinajstić information content (AvgIpc) is 2.79. The van der Waals surface area contributed by atoms with Crippen LogP contribution in [0.4, 0.5) is 0 Å². The topological polar surface area (TPSA) is 102 Å². The molecule has 3 rings (SSSR count). The van der Waals surface area contributed by atoms with E-state index < -0.39 is 15.6 Å². The number of nitrogens with two attached hydrogens (primary N) is 1. The van der Waals surface area contributed by atoms with Crippen LogP contribution in [-0.4, -0.2) is 48.2 Å². The van der Waals surface area contributed by atoms with E-state index in [1.54, 1.807) is 11.9 Å². The third kappa shape index (κ3) is 2.04. The van der Waals surface area contributed by atoms with Gasteiger partial charge in [0.25, 0.3) is 0 Å². The lowest BCUT2D eigenvalue weighted by Crippen LogP contribution is -2.71. The van der Waals surface area contributed by atoms with Crippen LogP contribution in [0.3, 0.4) is 0 Å². The van der Waals surface area contributed by atoms with E-state index in [2.05, 4.69) is 24.4 Å². The summed E-state index contributed by atoms with van der Waals surface area (Å²) in [6.07, 6.45) is 6.11. The first-order valence-electron chi connectivity index (χ1n) is 7.34. The number of sulfonamides is 1. The normalized spacial score (nSPS) is 33.7. The Morgan fingerprint density at radius 2 is 2.32 bits per heavy atom. The molecule has 0 radical (unpaired) electrons. The predicted molar refractivity (Wildman–Crippen MR) is 82.3 cm³/mol. The summed E-state index contributed by atoms with van der Waals surface area (Å²) < 4.78 is 25.2. The quantitative estimate of drug-likeness (QED) is 0.540. The van der Waals surface area contributed by atoms with Crippen LogP contribution in [0.15, 0.2) is 24.0 Å². The second kappa shape index (κ2) is 4.72. The van der Waals surface area contributed by atoms with Gasteiger partial charge in [0.15, 0.2) is 0 Å². The summed E-state index contributed by atoms with van der Waals surface area (Å²) in [6, 6.07) is 2.40. The molecule has 120 valence electrons. The molecule has 2 unspecified atom stereocenters. The van der Waals surface area contributed by atoms with Crippen LogP contribution in [0, 0.1) is 16.7 Å². The van der Waals surface area contributed by atoms with Gasteiger partial charge in [-0.2, -0.15) is 9.57 Å². The summed E-state index contributed by atoms with van der Waals surface area (Å²) in [5.74, 6) is 6.25. The Labute approximate surface area is 131 Å². The monoisotopic (exact) mass is 323 g/mol. The van der Waals surface area contributed by atoms with Gasteiger partial charge in [-0.1, -0.05) is 6.08 Å². The largest absolute Gasteiger partial charge is 0.383 e. The zero-order chi connectivity index (χ0) is 16.2. The van der Waals surface area contributed by atoms with Crippen LogP contribution < -0.4 is 11.2 Å². The molecular weight excluding hydrogens is 302 g/mol. The summed E-state index contributed by atoms with van der Waals surface area (Å²) in [7, 11) is -3.23. The van der Waals surface area contributed by atoms with Gasteiger partial charge in [0.1, 0.15) is 0 Å². The Morgan fingerprint density at radius 3 is 2.82 bits per heavy atom. The molecule has 0 aromatic carbocycles. The Kier molecular flexibility index (Phi) is 3.29. The van der Waals surface area contributed by atoms with E-state index in [-0.39, 0.29) is 36.7 Å². The van der Waals surface area contributed by atoms with Crippen molar-refractivity contribution in [1.82, 2.24) is 14.6 Å². The summed E-state index contributed by atoms with van der Waals surface area (Å²) in [5.41, 5.74) is 0.553. The van der Waals surface area contributed by atoms with E-state index in [1.165, 1.54) is 9.88 Å². The molecule has 1 aliphatic carbocycles. The standard InChI is InChI=1S/C14H21N5O2S/c1-3-22(20,21)18-9-14(10-18,4-6-15)19(16)8-11-12-13(11,2)5-7-17-12/h5,7-8,12,17H,3-4,9-10,16H2,1-2H3/b11-8+. The highest BCUT2D eigenvalue weighted by atomic mass is 32.2. The zero-order valence-electron chi connectivity index (χ0n) is 12.8. The van der Waals surface area contributed by atoms with Gasteiger partial charge in [-0.3, -0.25) is 0 Å². The summed E-state index contributed by atoms with van der Waals surface area (Å²) in [4.78, 5) is 0. The molecule has 2 atom stereocenters. The highest BCUT2D eigenvalue weighted by Gasteiger charge is 2.58. The van der Waals surface area contributed by atoms with Crippen LogP contribution in [0.2, 0.25) is 0 Å². The van der Waals surface area contributed by atoms with Gasteiger partial charge in [0.2, 0.25) is 10.0 Å². The van der Waals surface area contributed by atoms with Crippen molar-refractivity contribution in [1.29, 1.82) is 5.26 Å². The average molecular weight is 323 g/mol. The van der Waals surface area contributed by atoms with Crippen LogP contribution in [0.5, 0.6) is 0 Å². The minimum atomic E-state index is -3.23. The first kappa shape index (κ1) is 15.3. The van der Waals surface area contributed by atoms with Gasteiger partial charge in [-0.15, -0.1) is 0 Å². The van der Waals surface area contributed by atoms with Crippen molar-refractivity contribution in [2.45, 2.75) is 31.8 Å². The maximum absolute atomic E-state index is 11.9. The highest BCUT2D eigenvalue weighted by Crippen LogP contribution is 2.56. The van der Waals surface area contributed by atoms with E-state index in [0.29, 0.717) is 0 Å². The Balaban J connectivity index is 1.76. The van der Waals surface area contributed by atoms with Gasteiger partial charge in [-0.25, -0.2) is 14.3 Å². The van der Waals surface area contributed by atoms with Crippen molar-refractivity contribution in [2.75, 3.05) is 18.8 Å². The van der Waals surface area contributed by atoms with E-state index in [4.69, 9.17) is 11.1 Å². The predicted octanol–water partition coefficient (Wildman–Crippen LogP) is -0.131. The molecule has 0 bridgehead atoms. The number of nitriles is 1.